The standard InChI is InChI=1S/C26H28N2O5S/c1-16-6-7-18(3)23(14-16)34(31,32)33-22-10-8-21(9-11-22)26(30)27-15-24(29)28-25-19(4)12-17(2)13-20(25)5/h6-14H,15H2,1-5H3,(H,27,30)(H,28,29). The Hall–Kier alpha value is -3.65. The zero-order chi connectivity index (χ0) is 25.0. The first-order valence-corrected chi connectivity index (χ1v) is 12.1. The van der Waals surface area contributed by atoms with Crippen molar-refractivity contribution in [3.8, 4) is 5.75 Å². The molecule has 0 spiro atoms. The number of hydrogen-bond acceptors (Lipinski definition) is 5. The molecule has 0 heterocycles. The van der Waals surface area contributed by atoms with Gasteiger partial charge in [-0.3, -0.25) is 9.59 Å². The van der Waals surface area contributed by atoms with E-state index in [0.29, 0.717) is 5.56 Å². The maximum Gasteiger partial charge on any atom is 0.339 e. The molecule has 3 rings (SSSR count). The molecule has 0 aliphatic carbocycles. The summed E-state index contributed by atoms with van der Waals surface area (Å²) >= 11 is 0. The molecule has 0 saturated heterocycles. The van der Waals surface area contributed by atoms with Crippen molar-refractivity contribution in [1.29, 1.82) is 0 Å². The van der Waals surface area contributed by atoms with Crippen LogP contribution in [0.3, 0.4) is 0 Å². The molecule has 8 heteroatoms. The summed E-state index contributed by atoms with van der Waals surface area (Å²) in [6, 6.07) is 14.7. The van der Waals surface area contributed by atoms with Gasteiger partial charge in [-0.2, -0.15) is 8.42 Å². The third-order valence-corrected chi connectivity index (χ3v) is 6.68. The molecule has 34 heavy (non-hydrogen) atoms. The van der Waals surface area contributed by atoms with Crippen molar-refractivity contribution in [2.24, 2.45) is 0 Å². The number of hydrogen-bond donors (Lipinski definition) is 2. The van der Waals surface area contributed by atoms with E-state index in [2.05, 4.69) is 10.6 Å². The highest BCUT2D eigenvalue weighted by Crippen LogP contribution is 2.23. The molecule has 0 radical (unpaired) electrons. The van der Waals surface area contributed by atoms with Crippen LogP contribution in [-0.4, -0.2) is 26.8 Å². The largest absolute Gasteiger partial charge is 0.379 e. The lowest BCUT2D eigenvalue weighted by molar-refractivity contribution is -0.115. The van der Waals surface area contributed by atoms with Gasteiger partial charge >= 0.3 is 10.1 Å². The third kappa shape index (κ3) is 6.02. The Morgan fingerprint density at radius 2 is 1.41 bits per heavy atom. The van der Waals surface area contributed by atoms with Crippen LogP contribution in [0, 0.1) is 34.6 Å². The SMILES string of the molecule is Cc1cc(C)c(NC(=O)CNC(=O)c2ccc(OS(=O)(=O)c3cc(C)ccc3C)cc2)c(C)c1. The summed E-state index contributed by atoms with van der Waals surface area (Å²) in [4.78, 5) is 24.8. The fraction of sp³-hybridized carbons (Fsp3) is 0.231. The van der Waals surface area contributed by atoms with Crippen molar-refractivity contribution in [3.05, 3.63) is 88.0 Å². The van der Waals surface area contributed by atoms with E-state index in [1.807, 2.05) is 39.0 Å². The zero-order valence-electron chi connectivity index (χ0n) is 19.9. The Morgan fingerprint density at radius 1 is 0.794 bits per heavy atom. The van der Waals surface area contributed by atoms with Gasteiger partial charge in [0.15, 0.2) is 0 Å². The highest BCUT2D eigenvalue weighted by molar-refractivity contribution is 7.87. The molecule has 0 unspecified atom stereocenters. The molecule has 0 saturated carbocycles. The Balaban J connectivity index is 1.61. The molecule has 178 valence electrons. The van der Waals surface area contributed by atoms with Gasteiger partial charge in [0.25, 0.3) is 5.91 Å². The number of benzene rings is 3. The molecule has 0 aromatic heterocycles. The predicted molar refractivity (Wildman–Crippen MR) is 132 cm³/mol. The number of nitrogens with one attached hydrogen (secondary N) is 2. The number of amides is 2. The molecule has 7 nitrogen and oxygen atoms in total. The summed E-state index contributed by atoms with van der Waals surface area (Å²) in [5, 5.41) is 5.40. The number of aryl methyl sites for hydroxylation is 5. The van der Waals surface area contributed by atoms with Crippen LogP contribution in [0.5, 0.6) is 5.75 Å². The number of carbonyl (C=O) groups excluding carboxylic acids is 2. The molecule has 0 aliphatic heterocycles. The summed E-state index contributed by atoms with van der Waals surface area (Å²) < 4.78 is 30.5. The quantitative estimate of drug-likeness (QED) is 0.489. The molecule has 0 bridgehead atoms. The van der Waals surface area contributed by atoms with Crippen molar-refractivity contribution >= 4 is 27.6 Å². The number of rotatable bonds is 7. The first-order chi connectivity index (χ1) is 16.0. The van der Waals surface area contributed by atoms with E-state index in [1.165, 1.54) is 24.3 Å². The second kappa shape index (κ2) is 10.1. The van der Waals surface area contributed by atoms with Crippen LogP contribution in [-0.2, 0) is 14.9 Å². The lowest BCUT2D eigenvalue weighted by Gasteiger charge is -2.13. The Kier molecular flexibility index (Phi) is 7.41. The van der Waals surface area contributed by atoms with Gasteiger partial charge < -0.3 is 14.8 Å². The lowest BCUT2D eigenvalue weighted by atomic mass is 10.1. The van der Waals surface area contributed by atoms with Crippen molar-refractivity contribution in [2.45, 2.75) is 39.5 Å². The van der Waals surface area contributed by atoms with Crippen LogP contribution in [0.2, 0.25) is 0 Å². The van der Waals surface area contributed by atoms with E-state index in [1.54, 1.807) is 26.0 Å². The molecule has 3 aromatic carbocycles. The molecular formula is C26H28N2O5S. The smallest absolute Gasteiger partial charge is 0.339 e. The van der Waals surface area contributed by atoms with Crippen LogP contribution >= 0.6 is 0 Å². The van der Waals surface area contributed by atoms with Crippen molar-refractivity contribution in [3.63, 3.8) is 0 Å². The van der Waals surface area contributed by atoms with Crippen LogP contribution < -0.4 is 14.8 Å². The van der Waals surface area contributed by atoms with Crippen molar-refractivity contribution in [1.82, 2.24) is 5.32 Å². The highest BCUT2D eigenvalue weighted by Gasteiger charge is 2.20. The molecule has 0 fully saturated rings. The minimum atomic E-state index is -4.01. The first kappa shape index (κ1) is 25.0. The number of carbonyl (C=O) groups is 2. The average molecular weight is 481 g/mol. The van der Waals surface area contributed by atoms with Gasteiger partial charge in [0.2, 0.25) is 5.91 Å². The fourth-order valence-corrected chi connectivity index (χ4v) is 4.88. The summed E-state index contributed by atoms with van der Waals surface area (Å²) in [7, 11) is -4.01. The predicted octanol–water partition coefficient (Wildman–Crippen LogP) is 4.36. The lowest BCUT2D eigenvalue weighted by Crippen LogP contribution is -2.33. The van der Waals surface area contributed by atoms with E-state index in [4.69, 9.17) is 4.18 Å². The summed E-state index contributed by atoms with van der Waals surface area (Å²) in [6.07, 6.45) is 0. The maximum atomic E-state index is 12.6. The van der Waals surface area contributed by atoms with Gasteiger partial charge in [-0.25, -0.2) is 0 Å². The molecule has 0 atom stereocenters. The van der Waals surface area contributed by atoms with Crippen LogP contribution in [0.15, 0.2) is 59.5 Å². The molecule has 3 aromatic rings. The van der Waals surface area contributed by atoms with E-state index in [-0.39, 0.29) is 28.7 Å². The minimum Gasteiger partial charge on any atom is -0.379 e. The third-order valence-electron chi connectivity index (χ3n) is 5.29. The van der Waals surface area contributed by atoms with Gasteiger partial charge in [-0.05, 0) is 87.2 Å². The zero-order valence-corrected chi connectivity index (χ0v) is 20.7. The van der Waals surface area contributed by atoms with Crippen LogP contribution in [0.4, 0.5) is 5.69 Å². The second-order valence-electron chi connectivity index (χ2n) is 8.34. The van der Waals surface area contributed by atoms with E-state index >= 15 is 0 Å². The van der Waals surface area contributed by atoms with Crippen LogP contribution in [0.25, 0.3) is 0 Å². The molecule has 2 amide bonds. The number of anilines is 1. The topological polar surface area (TPSA) is 102 Å². The highest BCUT2D eigenvalue weighted by atomic mass is 32.2. The second-order valence-corrected chi connectivity index (χ2v) is 9.85. The molecule has 0 aliphatic rings. The Morgan fingerprint density at radius 3 is 2.03 bits per heavy atom. The minimum absolute atomic E-state index is 0.0838. The van der Waals surface area contributed by atoms with Crippen molar-refractivity contribution in [2.75, 3.05) is 11.9 Å². The van der Waals surface area contributed by atoms with Gasteiger partial charge in [0.1, 0.15) is 10.6 Å². The van der Waals surface area contributed by atoms with E-state index in [9.17, 15) is 18.0 Å². The monoisotopic (exact) mass is 480 g/mol. The van der Waals surface area contributed by atoms with Crippen molar-refractivity contribution < 1.29 is 22.2 Å². The summed E-state index contributed by atoms with van der Waals surface area (Å²) in [5.41, 5.74) is 5.39. The first-order valence-electron chi connectivity index (χ1n) is 10.7. The van der Waals surface area contributed by atoms with Gasteiger partial charge in [-0.15, -0.1) is 0 Å². The summed E-state index contributed by atoms with van der Waals surface area (Å²) in [6.45, 7) is 9.11. The van der Waals surface area contributed by atoms with Crippen LogP contribution in [0.1, 0.15) is 38.2 Å². The van der Waals surface area contributed by atoms with Gasteiger partial charge in [-0.1, -0.05) is 29.8 Å². The Labute approximate surface area is 200 Å². The maximum absolute atomic E-state index is 12.6. The average Bonchev–Trinajstić information content (AvgIpc) is 2.76. The summed E-state index contributed by atoms with van der Waals surface area (Å²) in [5.74, 6) is -0.722. The van der Waals surface area contributed by atoms with E-state index < -0.39 is 16.0 Å². The fourth-order valence-electron chi connectivity index (χ4n) is 3.63. The molecule has 2 N–H and O–H groups in total. The van der Waals surface area contributed by atoms with Gasteiger partial charge in [0, 0.05) is 11.3 Å². The van der Waals surface area contributed by atoms with Gasteiger partial charge in [0.05, 0.1) is 6.54 Å². The van der Waals surface area contributed by atoms with E-state index in [0.717, 1.165) is 27.9 Å². The Bertz CT molecular complexity index is 1320. The molecular weight excluding hydrogens is 452 g/mol. The normalized spacial score (nSPS) is 11.1.